The number of unbranched alkanes of at least 4 members (excludes halogenated alkanes) is 4. The maximum atomic E-state index is 14.6. The van der Waals surface area contributed by atoms with Crippen molar-refractivity contribution in [3.63, 3.8) is 0 Å². The Balaban J connectivity index is 1.60. The van der Waals surface area contributed by atoms with Gasteiger partial charge >= 0.3 is 0 Å². The molecule has 1 atom stereocenters. The molecule has 2 aromatic carbocycles. The van der Waals surface area contributed by atoms with Gasteiger partial charge in [0.05, 0.1) is 0 Å². The minimum absolute atomic E-state index is 0.0938. The molecule has 0 aliphatic heterocycles. The maximum Gasteiger partial charge on any atom is 0.147 e. The SMILES string of the molecule is CCCCCCCc1cc(F)c(CCC2CCc3c(cc(F)c(C#N)c3F)C2)c(F)c1. The number of hydrogen-bond acceptors (Lipinski definition) is 1. The Labute approximate surface area is 182 Å². The summed E-state index contributed by atoms with van der Waals surface area (Å²) in [4.78, 5) is 0. The number of aryl methyl sites for hydroxylation is 1. The van der Waals surface area contributed by atoms with E-state index >= 15 is 0 Å². The molecule has 3 rings (SSSR count). The predicted octanol–water partition coefficient (Wildman–Crippen LogP) is 7.37. The summed E-state index contributed by atoms with van der Waals surface area (Å²) >= 11 is 0. The molecule has 1 aliphatic rings. The first-order valence-corrected chi connectivity index (χ1v) is 11.3. The third-order valence-corrected chi connectivity index (χ3v) is 6.41. The molecular formula is C26H29F4N. The van der Waals surface area contributed by atoms with E-state index in [1.807, 2.05) is 0 Å². The number of halogens is 4. The van der Waals surface area contributed by atoms with Crippen LogP contribution in [0.25, 0.3) is 0 Å². The number of benzene rings is 2. The van der Waals surface area contributed by atoms with E-state index in [2.05, 4.69) is 6.92 Å². The van der Waals surface area contributed by atoms with Crippen molar-refractivity contribution in [2.45, 2.75) is 77.6 Å². The molecule has 0 heterocycles. The molecule has 0 spiro atoms. The van der Waals surface area contributed by atoms with Crippen molar-refractivity contribution in [3.05, 3.63) is 69.3 Å². The van der Waals surface area contributed by atoms with Gasteiger partial charge in [-0.1, -0.05) is 32.6 Å². The van der Waals surface area contributed by atoms with Crippen LogP contribution < -0.4 is 0 Å². The van der Waals surface area contributed by atoms with E-state index in [-0.39, 0.29) is 17.9 Å². The zero-order valence-corrected chi connectivity index (χ0v) is 18.0. The maximum absolute atomic E-state index is 14.6. The van der Waals surface area contributed by atoms with Crippen LogP contribution in [0.15, 0.2) is 18.2 Å². The third kappa shape index (κ3) is 5.67. The lowest BCUT2D eigenvalue weighted by atomic mass is 9.80. The lowest BCUT2D eigenvalue weighted by Crippen LogP contribution is -2.18. The minimum Gasteiger partial charge on any atom is -0.207 e. The summed E-state index contributed by atoms with van der Waals surface area (Å²) in [5.41, 5.74) is 1.21. The summed E-state index contributed by atoms with van der Waals surface area (Å²) in [5.74, 6) is -2.53. The summed E-state index contributed by atoms with van der Waals surface area (Å²) < 4.78 is 57.4. The molecular weight excluding hydrogens is 402 g/mol. The molecule has 0 radical (unpaired) electrons. The predicted molar refractivity (Wildman–Crippen MR) is 114 cm³/mol. The number of nitrogens with zero attached hydrogens (tertiary/aromatic N) is 1. The molecule has 0 fully saturated rings. The van der Waals surface area contributed by atoms with Crippen molar-refractivity contribution in [1.82, 2.24) is 0 Å². The number of fused-ring (bicyclic) bond motifs is 1. The molecule has 1 aliphatic carbocycles. The second kappa shape index (κ2) is 10.8. The van der Waals surface area contributed by atoms with Crippen LogP contribution in [0, 0.1) is 40.5 Å². The van der Waals surface area contributed by atoms with E-state index in [1.54, 1.807) is 6.07 Å². The molecule has 166 valence electrons. The zero-order chi connectivity index (χ0) is 22.4. The molecule has 0 saturated carbocycles. The standard InChI is InChI=1S/C26H29F4N/c1-2-3-4-5-6-7-18-13-23(27)21(24(28)14-18)11-9-17-8-10-20-19(12-17)15-25(29)22(16-31)26(20)30/h13-15,17H,2-12H2,1H3. The lowest BCUT2D eigenvalue weighted by molar-refractivity contribution is 0.408. The molecule has 2 aromatic rings. The van der Waals surface area contributed by atoms with Gasteiger partial charge in [-0.05, 0) is 85.8 Å². The Morgan fingerprint density at radius 3 is 2.32 bits per heavy atom. The quantitative estimate of drug-likeness (QED) is 0.300. The van der Waals surface area contributed by atoms with Crippen LogP contribution in [-0.2, 0) is 25.7 Å². The lowest BCUT2D eigenvalue weighted by Gasteiger charge is -2.25. The van der Waals surface area contributed by atoms with Crippen molar-refractivity contribution < 1.29 is 17.6 Å². The Kier molecular flexibility index (Phi) is 8.12. The molecule has 31 heavy (non-hydrogen) atoms. The Morgan fingerprint density at radius 2 is 1.65 bits per heavy atom. The van der Waals surface area contributed by atoms with Gasteiger partial charge in [0, 0.05) is 5.56 Å². The Hall–Kier alpha value is -2.35. The van der Waals surface area contributed by atoms with Gasteiger partial charge in [0.15, 0.2) is 0 Å². The first-order chi connectivity index (χ1) is 14.9. The summed E-state index contributed by atoms with van der Waals surface area (Å²) in [7, 11) is 0. The zero-order valence-electron chi connectivity index (χ0n) is 18.0. The molecule has 0 N–H and O–H groups in total. The summed E-state index contributed by atoms with van der Waals surface area (Å²) in [6, 6.07) is 5.71. The first kappa shape index (κ1) is 23.3. The highest BCUT2D eigenvalue weighted by Gasteiger charge is 2.25. The molecule has 0 bridgehead atoms. The molecule has 1 unspecified atom stereocenters. The fourth-order valence-corrected chi connectivity index (χ4v) is 4.59. The van der Waals surface area contributed by atoms with Crippen LogP contribution in [-0.4, -0.2) is 0 Å². The van der Waals surface area contributed by atoms with Gasteiger partial charge in [-0.2, -0.15) is 5.26 Å². The molecule has 1 nitrogen and oxygen atoms in total. The van der Waals surface area contributed by atoms with Crippen LogP contribution in [0.5, 0.6) is 0 Å². The van der Waals surface area contributed by atoms with Gasteiger partial charge in [-0.15, -0.1) is 0 Å². The Morgan fingerprint density at radius 1 is 0.935 bits per heavy atom. The smallest absolute Gasteiger partial charge is 0.147 e. The molecule has 0 amide bonds. The number of hydrogen-bond donors (Lipinski definition) is 0. The van der Waals surface area contributed by atoms with Gasteiger partial charge in [0.25, 0.3) is 0 Å². The van der Waals surface area contributed by atoms with Crippen LogP contribution in [0.3, 0.4) is 0 Å². The summed E-state index contributed by atoms with van der Waals surface area (Å²) in [5, 5.41) is 8.92. The second-order valence-corrected chi connectivity index (χ2v) is 8.65. The van der Waals surface area contributed by atoms with Crippen LogP contribution in [0.4, 0.5) is 17.6 Å². The average molecular weight is 432 g/mol. The molecule has 5 heteroatoms. The summed E-state index contributed by atoms with van der Waals surface area (Å²) in [6.07, 6.45) is 8.49. The highest BCUT2D eigenvalue weighted by Crippen LogP contribution is 2.33. The van der Waals surface area contributed by atoms with Crippen LogP contribution >= 0.6 is 0 Å². The van der Waals surface area contributed by atoms with Gasteiger partial charge in [-0.3, -0.25) is 0 Å². The Bertz CT molecular complexity index is 938. The fourth-order valence-electron chi connectivity index (χ4n) is 4.59. The van der Waals surface area contributed by atoms with Crippen LogP contribution in [0.2, 0.25) is 0 Å². The van der Waals surface area contributed by atoms with Gasteiger partial charge < -0.3 is 0 Å². The monoisotopic (exact) mass is 431 g/mol. The van der Waals surface area contributed by atoms with E-state index in [0.717, 1.165) is 25.7 Å². The van der Waals surface area contributed by atoms with Crippen molar-refractivity contribution >= 4 is 0 Å². The fraction of sp³-hybridized carbons (Fsp3) is 0.500. The molecule has 0 aromatic heterocycles. The topological polar surface area (TPSA) is 23.8 Å². The highest BCUT2D eigenvalue weighted by molar-refractivity contribution is 5.42. The average Bonchev–Trinajstić information content (AvgIpc) is 2.73. The molecule has 0 saturated heterocycles. The van der Waals surface area contributed by atoms with Gasteiger partial charge in [0.2, 0.25) is 0 Å². The summed E-state index contributed by atoms with van der Waals surface area (Å²) in [6.45, 7) is 2.15. The van der Waals surface area contributed by atoms with Gasteiger partial charge in [-0.25, -0.2) is 17.6 Å². The van der Waals surface area contributed by atoms with Crippen molar-refractivity contribution in [2.24, 2.45) is 5.92 Å². The second-order valence-electron chi connectivity index (χ2n) is 8.65. The van der Waals surface area contributed by atoms with Crippen LogP contribution in [0.1, 0.15) is 79.7 Å². The van der Waals surface area contributed by atoms with E-state index < -0.39 is 28.8 Å². The first-order valence-electron chi connectivity index (χ1n) is 11.3. The van der Waals surface area contributed by atoms with Gasteiger partial charge in [0.1, 0.15) is 34.9 Å². The van der Waals surface area contributed by atoms with E-state index in [0.29, 0.717) is 48.8 Å². The highest BCUT2D eigenvalue weighted by atomic mass is 19.1. The normalized spacial score (nSPS) is 15.5. The van der Waals surface area contributed by atoms with E-state index in [1.165, 1.54) is 24.6 Å². The number of rotatable bonds is 9. The van der Waals surface area contributed by atoms with Crippen molar-refractivity contribution in [1.29, 1.82) is 5.26 Å². The van der Waals surface area contributed by atoms with E-state index in [9.17, 15) is 17.6 Å². The van der Waals surface area contributed by atoms with Crippen molar-refractivity contribution in [3.8, 4) is 6.07 Å². The minimum atomic E-state index is -0.846. The number of nitriles is 1. The third-order valence-electron chi connectivity index (χ3n) is 6.41. The largest absolute Gasteiger partial charge is 0.207 e. The van der Waals surface area contributed by atoms with E-state index in [4.69, 9.17) is 5.26 Å². The van der Waals surface area contributed by atoms with Crippen molar-refractivity contribution in [2.75, 3.05) is 0 Å².